The molecular weight excluding hydrogens is 881 g/mol. The fourth-order valence-electron chi connectivity index (χ4n) is 12.1. The Bertz CT molecular complexity index is 3920. The Balaban J connectivity index is 0.904. The zero-order chi connectivity index (χ0) is 48.9. The highest BCUT2D eigenvalue weighted by atomic mass is 15.1. The first-order valence-corrected chi connectivity index (χ1v) is 25.8. The van der Waals surface area contributed by atoms with Crippen molar-refractivity contribution in [3.63, 3.8) is 0 Å². The second kappa shape index (κ2) is 18.3. The third-order valence-electron chi connectivity index (χ3n) is 15.5. The lowest BCUT2D eigenvalue weighted by Gasteiger charge is -2.34. The van der Waals surface area contributed by atoms with Crippen molar-refractivity contribution in [2.45, 2.75) is 32.1 Å². The third kappa shape index (κ3) is 7.32. The largest absolute Gasteiger partial charge is 0.310 e. The van der Waals surface area contributed by atoms with Gasteiger partial charge in [-0.2, -0.15) is 0 Å². The highest BCUT2D eigenvalue weighted by Gasteiger charge is 2.46. The summed E-state index contributed by atoms with van der Waals surface area (Å²) < 4.78 is 2.37. The van der Waals surface area contributed by atoms with E-state index in [1.54, 1.807) is 0 Å². The summed E-state index contributed by atoms with van der Waals surface area (Å²) in [6, 6.07) is 98.9. The second-order valence-electron chi connectivity index (χ2n) is 19.3. The van der Waals surface area contributed by atoms with Gasteiger partial charge in [0.1, 0.15) is 0 Å². The van der Waals surface area contributed by atoms with E-state index in [9.17, 15) is 0 Å². The number of hydrogen-bond donors (Lipinski definition) is 0. The molecule has 0 unspecified atom stereocenters. The molecule has 12 aromatic rings. The third-order valence-corrected chi connectivity index (χ3v) is 15.5. The highest BCUT2D eigenvalue weighted by molar-refractivity contribution is 6.10. The van der Waals surface area contributed by atoms with E-state index in [1.807, 2.05) is 0 Å². The van der Waals surface area contributed by atoms with E-state index in [4.69, 9.17) is 0 Å². The number of fused-ring (bicyclic) bond motifs is 6. The molecule has 0 N–H and O–H groups in total. The summed E-state index contributed by atoms with van der Waals surface area (Å²) in [4.78, 5) is 2.46. The van der Waals surface area contributed by atoms with Crippen molar-refractivity contribution in [2.75, 3.05) is 4.90 Å². The van der Waals surface area contributed by atoms with Crippen LogP contribution in [-0.2, 0) is 18.3 Å². The van der Waals surface area contributed by atoms with Crippen LogP contribution in [0.2, 0.25) is 0 Å². The number of aryl methyl sites for hydroxylation is 2. The van der Waals surface area contributed by atoms with Gasteiger partial charge < -0.3 is 9.47 Å². The van der Waals surface area contributed by atoms with Crippen molar-refractivity contribution in [1.82, 2.24) is 4.57 Å². The molecule has 0 spiro atoms. The summed E-state index contributed by atoms with van der Waals surface area (Å²) >= 11 is 0. The SMILES string of the molecule is CCc1ccccc1-c1ccc(N(c2ccc(-c3ccc(-c4ccc5c(c4)c4ccccc4n5-c4ccccc4)cc3)cc2)c2ccc3c(c2)-c2ccccc2C3(c2ccccc2)c2ccccc2)cc1CC. The minimum atomic E-state index is -0.464. The fraction of sp³-hybridized carbons (Fsp3) is 0.0704. The van der Waals surface area contributed by atoms with Crippen LogP contribution in [0.3, 0.4) is 0 Å². The van der Waals surface area contributed by atoms with Crippen LogP contribution in [0.4, 0.5) is 17.1 Å². The van der Waals surface area contributed by atoms with Gasteiger partial charge in [-0.15, -0.1) is 0 Å². The molecule has 0 amide bonds. The molecule has 0 radical (unpaired) electrons. The minimum Gasteiger partial charge on any atom is -0.310 e. The van der Waals surface area contributed by atoms with Crippen molar-refractivity contribution in [3.05, 3.63) is 300 Å². The maximum atomic E-state index is 2.46. The van der Waals surface area contributed by atoms with E-state index in [0.29, 0.717) is 0 Å². The van der Waals surface area contributed by atoms with Gasteiger partial charge in [-0.25, -0.2) is 0 Å². The van der Waals surface area contributed by atoms with E-state index in [2.05, 4.69) is 290 Å². The first kappa shape index (κ1) is 44.0. The van der Waals surface area contributed by atoms with E-state index in [0.717, 1.165) is 29.9 Å². The molecule has 2 heteroatoms. The van der Waals surface area contributed by atoms with Gasteiger partial charge in [0.05, 0.1) is 16.4 Å². The molecule has 1 aromatic heterocycles. The summed E-state index contributed by atoms with van der Waals surface area (Å²) in [7, 11) is 0. The first-order chi connectivity index (χ1) is 36.1. The Morgan fingerprint density at radius 1 is 0.329 bits per heavy atom. The van der Waals surface area contributed by atoms with Crippen molar-refractivity contribution >= 4 is 38.9 Å². The average Bonchev–Trinajstić information content (AvgIpc) is 3.97. The summed E-state index contributed by atoms with van der Waals surface area (Å²) in [5.74, 6) is 0. The molecule has 1 aliphatic rings. The highest BCUT2D eigenvalue weighted by Crippen LogP contribution is 2.57. The number of para-hydroxylation sites is 2. The topological polar surface area (TPSA) is 8.17 Å². The van der Waals surface area contributed by atoms with E-state index in [-0.39, 0.29) is 0 Å². The van der Waals surface area contributed by atoms with Crippen LogP contribution < -0.4 is 4.90 Å². The number of rotatable bonds is 11. The maximum absolute atomic E-state index is 2.46. The molecular formula is C71H54N2. The molecule has 13 rings (SSSR count). The fourth-order valence-corrected chi connectivity index (χ4v) is 12.1. The molecule has 0 fully saturated rings. The molecule has 73 heavy (non-hydrogen) atoms. The molecule has 2 nitrogen and oxygen atoms in total. The Kier molecular flexibility index (Phi) is 11.0. The van der Waals surface area contributed by atoms with Gasteiger partial charge in [0.2, 0.25) is 0 Å². The summed E-state index contributed by atoms with van der Waals surface area (Å²) in [6.45, 7) is 4.53. The first-order valence-electron chi connectivity index (χ1n) is 25.8. The number of nitrogens with zero attached hydrogens (tertiary/aromatic N) is 2. The van der Waals surface area contributed by atoms with Gasteiger partial charge in [-0.3, -0.25) is 0 Å². The van der Waals surface area contributed by atoms with Crippen LogP contribution in [0.25, 0.3) is 72.0 Å². The Labute approximate surface area is 428 Å². The summed E-state index contributed by atoms with van der Waals surface area (Å²) in [6.07, 6.45) is 1.91. The van der Waals surface area contributed by atoms with Crippen LogP contribution in [0.1, 0.15) is 47.2 Å². The number of hydrogen-bond acceptors (Lipinski definition) is 1. The molecule has 0 atom stereocenters. The van der Waals surface area contributed by atoms with Gasteiger partial charge in [-0.1, -0.05) is 214 Å². The lowest BCUT2D eigenvalue weighted by molar-refractivity contribution is 0.768. The molecule has 0 saturated heterocycles. The Morgan fingerprint density at radius 3 is 1.52 bits per heavy atom. The quantitative estimate of drug-likeness (QED) is 0.125. The van der Waals surface area contributed by atoms with Gasteiger partial charge in [0, 0.05) is 33.5 Å². The predicted molar refractivity (Wildman–Crippen MR) is 308 cm³/mol. The van der Waals surface area contributed by atoms with Crippen LogP contribution in [0, 0.1) is 0 Å². The molecule has 0 bridgehead atoms. The van der Waals surface area contributed by atoms with Gasteiger partial charge in [0.25, 0.3) is 0 Å². The normalized spacial score (nSPS) is 12.5. The lowest BCUT2D eigenvalue weighted by Crippen LogP contribution is -2.28. The second-order valence-corrected chi connectivity index (χ2v) is 19.3. The molecule has 0 saturated carbocycles. The van der Waals surface area contributed by atoms with Gasteiger partial charge >= 0.3 is 0 Å². The summed E-state index contributed by atoms with van der Waals surface area (Å²) in [5.41, 5.74) is 24.3. The number of aromatic nitrogens is 1. The van der Waals surface area contributed by atoms with E-state index >= 15 is 0 Å². The lowest BCUT2D eigenvalue weighted by atomic mass is 9.68. The molecule has 1 heterocycles. The standard InChI is InChI=1S/C71H54N2/c1-3-49-20-14-15-27-61(49)62-43-41-59(46-50(62)4-2)72(60-42-44-68-65(48-60)63-28-16-18-30-67(63)71(68,55-21-8-5-9-22-55)56-23-10-6-11-24-56)58-39-36-52(37-40-58)51-32-34-53(35-33-51)54-38-45-70-66(47-54)64-29-17-19-31-69(64)73(70)57-25-12-7-13-26-57/h5-48H,3-4H2,1-2H3. The van der Waals surface area contributed by atoms with Crippen LogP contribution in [0.5, 0.6) is 0 Å². The number of anilines is 3. The Hall–Kier alpha value is -8.98. The summed E-state index contributed by atoms with van der Waals surface area (Å²) in [5, 5.41) is 2.52. The molecule has 348 valence electrons. The van der Waals surface area contributed by atoms with Crippen LogP contribution >= 0.6 is 0 Å². The van der Waals surface area contributed by atoms with Gasteiger partial charge in [-0.05, 0) is 157 Å². The predicted octanol–water partition coefficient (Wildman–Crippen LogP) is 18.7. The van der Waals surface area contributed by atoms with E-state index in [1.165, 1.54) is 105 Å². The monoisotopic (exact) mass is 934 g/mol. The smallest absolute Gasteiger partial charge is 0.0713 e. The maximum Gasteiger partial charge on any atom is 0.0713 e. The molecule has 11 aromatic carbocycles. The van der Waals surface area contributed by atoms with Crippen LogP contribution in [-0.4, -0.2) is 4.57 Å². The zero-order valence-electron chi connectivity index (χ0n) is 41.2. The van der Waals surface area contributed by atoms with Crippen molar-refractivity contribution in [3.8, 4) is 50.2 Å². The number of benzene rings is 11. The van der Waals surface area contributed by atoms with Crippen molar-refractivity contribution in [2.24, 2.45) is 0 Å². The molecule has 1 aliphatic carbocycles. The van der Waals surface area contributed by atoms with Gasteiger partial charge in [0.15, 0.2) is 0 Å². The van der Waals surface area contributed by atoms with Crippen LogP contribution in [0.15, 0.2) is 267 Å². The Morgan fingerprint density at radius 2 is 0.822 bits per heavy atom. The van der Waals surface area contributed by atoms with E-state index < -0.39 is 5.41 Å². The zero-order valence-corrected chi connectivity index (χ0v) is 41.2. The minimum absolute atomic E-state index is 0.464. The molecule has 0 aliphatic heterocycles. The van der Waals surface area contributed by atoms with Crippen molar-refractivity contribution < 1.29 is 0 Å². The van der Waals surface area contributed by atoms with Crippen molar-refractivity contribution in [1.29, 1.82) is 0 Å². The average molecular weight is 935 g/mol.